The van der Waals surface area contributed by atoms with Crippen LogP contribution in [-0.2, 0) is 16.0 Å². The minimum Gasteiger partial charge on any atom is -0.394 e. The summed E-state index contributed by atoms with van der Waals surface area (Å²) in [5.41, 5.74) is -0.603. The summed E-state index contributed by atoms with van der Waals surface area (Å²) in [7, 11) is 1.39. The van der Waals surface area contributed by atoms with E-state index < -0.39 is 42.4 Å². The molecule has 9 heteroatoms. The van der Waals surface area contributed by atoms with Crippen molar-refractivity contribution in [1.82, 2.24) is 14.5 Å². The molecule has 2 fully saturated rings. The summed E-state index contributed by atoms with van der Waals surface area (Å²) < 4.78 is 12.0. The Labute approximate surface area is 138 Å². The molecular formula is C15H23N3O6. The standard InChI is InChI=1S/C15H23N3O6/c1-23-12-11(20)10(8-19)24-14(12)18-7-9(13(21)16-15(18)22)6-17-4-2-3-5-17/h7,10-12,14,19-20H,2-6,8H2,1H3,(H,16,21,22)/t10-,11-,12-,14-/m1/s1. The van der Waals surface area contributed by atoms with E-state index in [1.807, 2.05) is 0 Å². The van der Waals surface area contributed by atoms with Gasteiger partial charge in [-0.2, -0.15) is 0 Å². The van der Waals surface area contributed by atoms with Crippen LogP contribution in [0.2, 0.25) is 0 Å². The second-order valence-corrected chi connectivity index (χ2v) is 6.24. The van der Waals surface area contributed by atoms with Crippen molar-refractivity contribution in [3.63, 3.8) is 0 Å². The van der Waals surface area contributed by atoms with E-state index in [1.54, 1.807) is 0 Å². The molecule has 1 aromatic heterocycles. The molecule has 0 unspecified atom stereocenters. The number of nitrogens with one attached hydrogen (secondary N) is 1. The van der Waals surface area contributed by atoms with Crippen molar-refractivity contribution >= 4 is 0 Å². The Morgan fingerprint density at radius 2 is 2.08 bits per heavy atom. The lowest BCUT2D eigenvalue weighted by Gasteiger charge is -2.21. The quantitative estimate of drug-likeness (QED) is 0.590. The molecule has 0 amide bonds. The number of aliphatic hydroxyl groups is 2. The highest BCUT2D eigenvalue weighted by Crippen LogP contribution is 2.30. The number of aliphatic hydroxyl groups excluding tert-OH is 2. The molecule has 0 bridgehead atoms. The summed E-state index contributed by atoms with van der Waals surface area (Å²) in [5.74, 6) is 0. The normalized spacial score (nSPS) is 31.0. The van der Waals surface area contributed by atoms with Gasteiger partial charge in [0, 0.05) is 25.4 Å². The molecular weight excluding hydrogens is 318 g/mol. The Kier molecular flexibility index (Phi) is 5.16. The van der Waals surface area contributed by atoms with Crippen LogP contribution in [0.4, 0.5) is 0 Å². The Morgan fingerprint density at radius 3 is 2.71 bits per heavy atom. The van der Waals surface area contributed by atoms with Crippen molar-refractivity contribution in [3.05, 3.63) is 32.6 Å². The van der Waals surface area contributed by atoms with Crippen LogP contribution in [0.3, 0.4) is 0 Å². The van der Waals surface area contributed by atoms with Crippen molar-refractivity contribution in [2.45, 2.75) is 43.9 Å². The zero-order valence-electron chi connectivity index (χ0n) is 13.6. The smallest absolute Gasteiger partial charge is 0.330 e. The van der Waals surface area contributed by atoms with Crippen LogP contribution in [0, 0.1) is 0 Å². The number of aromatic amines is 1. The second kappa shape index (κ2) is 7.16. The lowest BCUT2D eigenvalue weighted by Crippen LogP contribution is -2.40. The molecule has 0 radical (unpaired) electrons. The van der Waals surface area contributed by atoms with E-state index in [0.717, 1.165) is 25.9 Å². The first kappa shape index (κ1) is 17.3. The number of methoxy groups -OCH3 is 1. The fourth-order valence-electron chi connectivity index (χ4n) is 3.36. The van der Waals surface area contributed by atoms with E-state index in [-0.39, 0.29) is 0 Å². The Hall–Kier alpha value is -1.52. The maximum atomic E-state index is 12.2. The van der Waals surface area contributed by atoms with Gasteiger partial charge in [0.2, 0.25) is 0 Å². The lowest BCUT2D eigenvalue weighted by molar-refractivity contribution is -0.0627. The monoisotopic (exact) mass is 341 g/mol. The minimum absolute atomic E-state index is 0.393. The first-order valence-corrected chi connectivity index (χ1v) is 8.09. The number of rotatable bonds is 5. The minimum atomic E-state index is -1.06. The molecule has 9 nitrogen and oxygen atoms in total. The SMILES string of the molecule is CO[C@@H]1[C@H](O)[C@@H](CO)O[C@H]1n1cc(CN2CCCC2)c(=O)[nH]c1=O. The van der Waals surface area contributed by atoms with Crippen LogP contribution in [0.5, 0.6) is 0 Å². The molecule has 0 aliphatic carbocycles. The van der Waals surface area contributed by atoms with E-state index in [2.05, 4.69) is 9.88 Å². The molecule has 0 aromatic carbocycles. The zero-order chi connectivity index (χ0) is 17.3. The predicted octanol–water partition coefficient (Wildman–Crippen LogP) is -1.60. The largest absolute Gasteiger partial charge is 0.394 e. The lowest BCUT2D eigenvalue weighted by atomic mass is 10.1. The third kappa shape index (κ3) is 3.17. The molecule has 3 N–H and O–H groups in total. The molecule has 2 aliphatic heterocycles. The van der Waals surface area contributed by atoms with Gasteiger partial charge in [-0.1, -0.05) is 0 Å². The highest BCUT2D eigenvalue weighted by Gasteiger charge is 2.45. The molecule has 3 heterocycles. The van der Waals surface area contributed by atoms with Gasteiger partial charge in [-0.25, -0.2) is 4.79 Å². The topological polar surface area (TPSA) is 117 Å². The van der Waals surface area contributed by atoms with Gasteiger partial charge in [0.25, 0.3) is 5.56 Å². The molecule has 4 atom stereocenters. The molecule has 3 rings (SSSR count). The average Bonchev–Trinajstić information content (AvgIpc) is 3.17. The summed E-state index contributed by atoms with van der Waals surface area (Å²) in [6, 6.07) is 0. The van der Waals surface area contributed by atoms with Crippen LogP contribution in [0.1, 0.15) is 24.6 Å². The predicted molar refractivity (Wildman–Crippen MR) is 83.6 cm³/mol. The van der Waals surface area contributed by atoms with Crippen molar-refractivity contribution < 1.29 is 19.7 Å². The van der Waals surface area contributed by atoms with E-state index in [9.17, 15) is 19.8 Å². The van der Waals surface area contributed by atoms with Crippen LogP contribution in [0.15, 0.2) is 15.8 Å². The number of aromatic nitrogens is 2. The Balaban J connectivity index is 1.92. The molecule has 134 valence electrons. The van der Waals surface area contributed by atoms with Gasteiger partial charge in [-0.05, 0) is 25.9 Å². The van der Waals surface area contributed by atoms with Gasteiger partial charge in [-0.3, -0.25) is 19.2 Å². The first-order chi connectivity index (χ1) is 11.5. The van der Waals surface area contributed by atoms with Crippen LogP contribution >= 0.6 is 0 Å². The molecule has 24 heavy (non-hydrogen) atoms. The number of likely N-dealkylation sites (tertiary alicyclic amines) is 1. The van der Waals surface area contributed by atoms with Crippen LogP contribution < -0.4 is 11.2 Å². The number of H-pyrrole nitrogens is 1. The summed E-state index contributed by atoms with van der Waals surface area (Å²) in [5, 5.41) is 19.4. The Bertz CT molecular complexity index is 681. The van der Waals surface area contributed by atoms with Crippen molar-refractivity contribution in [1.29, 1.82) is 0 Å². The van der Waals surface area contributed by atoms with Crippen molar-refractivity contribution in [2.24, 2.45) is 0 Å². The van der Waals surface area contributed by atoms with Crippen molar-refractivity contribution in [2.75, 3.05) is 26.8 Å². The van der Waals surface area contributed by atoms with Gasteiger partial charge in [0.1, 0.15) is 18.3 Å². The number of ether oxygens (including phenoxy) is 2. The Morgan fingerprint density at radius 1 is 1.38 bits per heavy atom. The second-order valence-electron chi connectivity index (χ2n) is 6.24. The summed E-state index contributed by atoms with van der Waals surface area (Å²) >= 11 is 0. The summed E-state index contributed by atoms with van der Waals surface area (Å²) in [4.78, 5) is 28.7. The highest BCUT2D eigenvalue weighted by atomic mass is 16.6. The fraction of sp³-hybridized carbons (Fsp3) is 0.733. The highest BCUT2D eigenvalue weighted by molar-refractivity contribution is 5.06. The molecule has 2 saturated heterocycles. The van der Waals surface area contributed by atoms with Crippen LogP contribution in [-0.4, -0.2) is 69.8 Å². The fourth-order valence-corrected chi connectivity index (χ4v) is 3.36. The molecule has 0 spiro atoms. The number of hydrogen-bond donors (Lipinski definition) is 3. The summed E-state index contributed by atoms with van der Waals surface area (Å²) in [6.45, 7) is 1.90. The molecule has 1 aromatic rings. The van der Waals surface area contributed by atoms with Gasteiger partial charge >= 0.3 is 5.69 Å². The van der Waals surface area contributed by atoms with Gasteiger partial charge in [0.15, 0.2) is 6.23 Å². The zero-order valence-corrected chi connectivity index (χ0v) is 13.6. The maximum Gasteiger partial charge on any atom is 0.330 e. The number of hydrogen-bond acceptors (Lipinski definition) is 7. The molecule has 2 aliphatic rings. The van der Waals surface area contributed by atoms with E-state index >= 15 is 0 Å². The van der Waals surface area contributed by atoms with E-state index in [0.29, 0.717) is 12.1 Å². The van der Waals surface area contributed by atoms with Gasteiger partial charge in [-0.15, -0.1) is 0 Å². The van der Waals surface area contributed by atoms with E-state index in [1.165, 1.54) is 17.9 Å². The molecule has 0 saturated carbocycles. The average molecular weight is 341 g/mol. The third-order valence-electron chi connectivity index (χ3n) is 4.67. The summed E-state index contributed by atoms with van der Waals surface area (Å²) in [6.07, 6.45) is 0.0161. The third-order valence-corrected chi connectivity index (χ3v) is 4.67. The van der Waals surface area contributed by atoms with Gasteiger partial charge in [0.05, 0.1) is 6.61 Å². The number of nitrogens with zero attached hydrogens (tertiary/aromatic N) is 2. The first-order valence-electron chi connectivity index (χ1n) is 8.09. The van der Waals surface area contributed by atoms with E-state index in [4.69, 9.17) is 9.47 Å². The van der Waals surface area contributed by atoms with Crippen LogP contribution in [0.25, 0.3) is 0 Å². The van der Waals surface area contributed by atoms with Crippen molar-refractivity contribution in [3.8, 4) is 0 Å². The maximum absolute atomic E-state index is 12.2. The van der Waals surface area contributed by atoms with Gasteiger partial charge < -0.3 is 19.7 Å².